The van der Waals surface area contributed by atoms with Crippen LogP contribution in [0.1, 0.15) is 72.4 Å². The van der Waals surface area contributed by atoms with Gasteiger partial charge in [0.25, 0.3) is 0 Å². The lowest BCUT2D eigenvalue weighted by Crippen LogP contribution is -2.29. The summed E-state index contributed by atoms with van der Waals surface area (Å²) in [4.78, 5) is 13.7. The molecule has 0 bridgehead atoms. The number of methoxy groups -OCH3 is 2. The summed E-state index contributed by atoms with van der Waals surface area (Å²) in [6.45, 7) is 6.30. The number of aryl methyl sites for hydroxylation is 1. The van der Waals surface area contributed by atoms with Gasteiger partial charge in [0.2, 0.25) is 5.88 Å². The first kappa shape index (κ1) is 22.3. The maximum absolute atomic E-state index is 13.7. The molecule has 2 atom stereocenters. The molecule has 0 amide bonds. The molecule has 1 aliphatic heterocycles. The summed E-state index contributed by atoms with van der Waals surface area (Å²) in [5, 5.41) is 7.62. The summed E-state index contributed by atoms with van der Waals surface area (Å²) >= 11 is 0. The van der Waals surface area contributed by atoms with E-state index in [9.17, 15) is 4.79 Å². The standard InChI is InChI=1S/C28H30N2O4/c1-15(2)17-6-8-18(9-7-17)26-25-16(3)30-34-28(25)29-21-12-20(13-22(31)27(21)26)19-10-11-23(32-4)24(14-19)33-5/h6-11,14-15,20,26,29H,12-13H2,1-5H3/t20-,26-/m1/s1. The van der Waals surface area contributed by atoms with Crippen LogP contribution in [0.5, 0.6) is 11.5 Å². The normalized spacial score (nSPS) is 19.5. The Kier molecular flexibility index (Phi) is 5.68. The molecule has 0 saturated carbocycles. The van der Waals surface area contributed by atoms with E-state index < -0.39 is 0 Å². The van der Waals surface area contributed by atoms with Crippen molar-refractivity contribution in [1.82, 2.24) is 5.16 Å². The van der Waals surface area contributed by atoms with Crippen molar-refractivity contribution in [3.05, 3.63) is 81.7 Å². The number of ether oxygens (including phenoxy) is 2. The fourth-order valence-electron chi connectivity index (χ4n) is 5.22. The number of nitrogens with one attached hydrogen (secondary N) is 1. The minimum Gasteiger partial charge on any atom is -0.493 e. The molecule has 3 aromatic rings. The van der Waals surface area contributed by atoms with Gasteiger partial charge in [-0.2, -0.15) is 0 Å². The van der Waals surface area contributed by atoms with Gasteiger partial charge in [0.15, 0.2) is 17.3 Å². The van der Waals surface area contributed by atoms with E-state index in [4.69, 9.17) is 14.0 Å². The summed E-state index contributed by atoms with van der Waals surface area (Å²) in [7, 11) is 3.25. The van der Waals surface area contributed by atoms with Crippen LogP contribution in [0.3, 0.4) is 0 Å². The molecule has 2 heterocycles. The predicted molar refractivity (Wildman–Crippen MR) is 131 cm³/mol. The molecule has 0 fully saturated rings. The van der Waals surface area contributed by atoms with Crippen LogP contribution < -0.4 is 14.8 Å². The lowest BCUT2D eigenvalue weighted by atomic mass is 9.72. The third-order valence-electron chi connectivity index (χ3n) is 7.07. The van der Waals surface area contributed by atoms with E-state index in [0.717, 1.165) is 33.7 Å². The Morgan fingerprint density at radius 2 is 1.71 bits per heavy atom. The first-order valence-corrected chi connectivity index (χ1v) is 11.7. The van der Waals surface area contributed by atoms with Crippen LogP contribution in [-0.2, 0) is 4.79 Å². The third-order valence-corrected chi connectivity index (χ3v) is 7.07. The smallest absolute Gasteiger partial charge is 0.233 e. The highest BCUT2D eigenvalue weighted by Gasteiger charge is 2.41. The number of hydrogen-bond donors (Lipinski definition) is 1. The number of nitrogens with zero attached hydrogens (tertiary/aromatic N) is 1. The van der Waals surface area contributed by atoms with Crippen molar-refractivity contribution in [3.8, 4) is 11.5 Å². The molecule has 2 aliphatic rings. The highest BCUT2D eigenvalue weighted by atomic mass is 16.5. The summed E-state index contributed by atoms with van der Waals surface area (Å²) in [6, 6.07) is 14.5. The second-order valence-corrected chi connectivity index (χ2v) is 9.43. The fraction of sp³-hybridized carbons (Fsp3) is 0.357. The number of carbonyl (C=O) groups is 1. The number of ketones is 1. The average molecular weight is 459 g/mol. The molecule has 2 aromatic carbocycles. The number of anilines is 1. The summed E-state index contributed by atoms with van der Waals surface area (Å²) in [6.07, 6.45) is 1.15. The first-order valence-electron chi connectivity index (χ1n) is 11.7. The Morgan fingerprint density at radius 1 is 1.00 bits per heavy atom. The zero-order valence-corrected chi connectivity index (χ0v) is 20.3. The second-order valence-electron chi connectivity index (χ2n) is 9.43. The number of fused-ring (bicyclic) bond motifs is 1. The number of carbonyl (C=O) groups excluding carboxylic acids is 1. The molecule has 5 rings (SSSR count). The fourth-order valence-corrected chi connectivity index (χ4v) is 5.22. The van der Waals surface area contributed by atoms with E-state index >= 15 is 0 Å². The SMILES string of the molecule is COc1ccc([C@H]2CC(=O)C3=C(C2)Nc2onc(C)c2[C@H]3c2ccc(C(C)C)cc2)cc1OC. The Bertz CT molecular complexity index is 1270. The summed E-state index contributed by atoms with van der Waals surface area (Å²) in [5.41, 5.74) is 6.92. The maximum Gasteiger partial charge on any atom is 0.233 e. The van der Waals surface area contributed by atoms with E-state index in [2.05, 4.69) is 48.6 Å². The van der Waals surface area contributed by atoms with Crippen LogP contribution in [0.15, 0.2) is 58.3 Å². The van der Waals surface area contributed by atoms with Gasteiger partial charge in [0, 0.05) is 23.6 Å². The molecule has 34 heavy (non-hydrogen) atoms. The number of benzene rings is 2. The van der Waals surface area contributed by atoms with Crippen LogP contribution in [0.4, 0.5) is 5.88 Å². The third kappa shape index (κ3) is 3.67. The zero-order chi connectivity index (χ0) is 24.0. The van der Waals surface area contributed by atoms with E-state index in [1.165, 1.54) is 5.56 Å². The van der Waals surface area contributed by atoms with Gasteiger partial charge in [0.1, 0.15) is 0 Å². The number of hydrogen-bond acceptors (Lipinski definition) is 6. The second kappa shape index (κ2) is 8.67. The largest absolute Gasteiger partial charge is 0.493 e. The Balaban J connectivity index is 1.56. The molecule has 6 nitrogen and oxygen atoms in total. The van der Waals surface area contributed by atoms with Gasteiger partial charge in [-0.25, -0.2) is 0 Å². The topological polar surface area (TPSA) is 73.6 Å². The first-order chi connectivity index (χ1) is 16.4. The average Bonchev–Trinajstić information content (AvgIpc) is 3.22. The van der Waals surface area contributed by atoms with Crippen LogP contribution >= 0.6 is 0 Å². The van der Waals surface area contributed by atoms with Gasteiger partial charge >= 0.3 is 0 Å². The maximum atomic E-state index is 13.7. The molecule has 1 N–H and O–H groups in total. The molecule has 0 saturated heterocycles. The van der Waals surface area contributed by atoms with Gasteiger partial charge in [0.05, 0.1) is 25.5 Å². The van der Waals surface area contributed by atoms with E-state index in [-0.39, 0.29) is 17.6 Å². The Labute approximate surface area is 199 Å². The zero-order valence-electron chi connectivity index (χ0n) is 20.3. The molecule has 0 radical (unpaired) electrons. The number of allylic oxidation sites excluding steroid dienone is 2. The number of aromatic nitrogens is 1. The van der Waals surface area contributed by atoms with E-state index in [0.29, 0.717) is 36.1 Å². The Hall–Kier alpha value is -3.54. The monoisotopic (exact) mass is 458 g/mol. The minimum atomic E-state index is -0.183. The van der Waals surface area contributed by atoms with Crippen molar-refractivity contribution >= 4 is 11.7 Å². The lowest BCUT2D eigenvalue weighted by Gasteiger charge is -2.34. The molecule has 176 valence electrons. The van der Waals surface area contributed by atoms with Gasteiger partial charge in [-0.3, -0.25) is 4.79 Å². The number of rotatable bonds is 5. The predicted octanol–water partition coefficient (Wildman–Crippen LogP) is 6.08. The molecular weight excluding hydrogens is 428 g/mol. The highest BCUT2D eigenvalue weighted by Crippen LogP contribution is 2.49. The molecule has 1 aromatic heterocycles. The van der Waals surface area contributed by atoms with Gasteiger partial charge < -0.3 is 19.3 Å². The van der Waals surface area contributed by atoms with Crippen LogP contribution in [-0.4, -0.2) is 25.2 Å². The highest BCUT2D eigenvalue weighted by molar-refractivity contribution is 6.01. The van der Waals surface area contributed by atoms with Gasteiger partial charge in [-0.15, -0.1) is 0 Å². The number of Topliss-reactive ketones (excluding diaryl/α,β-unsaturated/α-hetero) is 1. The van der Waals surface area contributed by atoms with Crippen molar-refractivity contribution < 1.29 is 18.8 Å². The van der Waals surface area contributed by atoms with Crippen molar-refractivity contribution in [1.29, 1.82) is 0 Å². The Morgan fingerprint density at radius 3 is 2.38 bits per heavy atom. The summed E-state index contributed by atoms with van der Waals surface area (Å²) < 4.78 is 16.5. The molecule has 0 spiro atoms. The quantitative estimate of drug-likeness (QED) is 0.499. The molecule has 0 unspecified atom stereocenters. The molecular formula is C28H30N2O4. The van der Waals surface area contributed by atoms with E-state index in [1.807, 2.05) is 25.1 Å². The van der Waals surface area contributed by atoms with Crippen molar-refractivity contribution in [2.75, 3.05) is 19.5 Å². The van der Waals surface area contributed by atoms with Gasteiger partial charge in [-0.1, -0.05) is 49.3 Å². The minimum absolute atomic E-state index is 0.0353. The van der Waals surface area contributed by atoms with Gasteiger partial charge in [-0.05, 0) is 54.0 Å². The van der Waals surface area contributed by atoms with Crippen LogP contribution in [0, 0.1) is 6.92 Å². The summed E-state index contributed by atoms with van der Waals surface area (Å²) in [5.74, 6) is 2.43. The van der Waals surface area contributed by atoms with Crippen molar-refractivity contribution in [2.24, 2.45) is 0 Å². The van der Waals surface area contributed by atoms with Crippen LogP contribution in [0.2, 0.25) is 0 Å². The molecule has 6 heteroatoms. The molecule has 1 aliphatic carbocycles. The van der Waals surface area contributed by atoms with Crippen molar-refractivity contribution in [2.45, 2.75) is 51.4 Å². The van der Waals surface area contributed by atoms with Crippen molar-refractivity contribution in [3.63, 3.8) is 0 Å². The van der Waals surface area contributed by atoms with Crippen LogP contribution in [0.25, 0.3) is 0 Å². The lowest BCUT2D eigenvalue weighted by molar-refractivity contribution is -0.116. The van der Waals surface area contributed by atoms with E-state index in [1.54, 1.807) is 14.2 Å².